The number of esters is 1. The van der Waals surface area contributed by atoms with Crippen molar-refractivity contribution in [1.82, 2.24) is 5.32 Å². The van der Waals surface area contributed by atoms with Crippen LogP contribution in [0.3, 0.4) is 0 Å². The summed E-state index contributed by atoms with van der Waals surface area (Å²) in [4.78, 5) is 36.7. The molecule has 0 aliphatic rings. The normalized spacial score (nSPS) is 13.1. The number of hydrogen-bond donors (Lipinski definition) is 2. The highest BCUT2D eigenvalue weighted by atomic mass is 32.2. The van der Waals surface area contributed by atoms with E-state index < -0.39 is 39.8 Å². The van der Waals surface area contributed by atoms with Crippen LogP contribution in [-0.4, -0.2) is 44.5 Å². The summed E-state index contributed by atoms with van der Waals surface area (Å²) in [6.45, 7) is 2.89. The molecule has 2 aromatic carbocycles. The molecule has 0 radical (unpaired) electrons. The van der Waals surface area contributed by atoms with Gasteiger partial charge in [0.2, 0.25) is 15.8 Å². The van der Waals surface area contributed by atoms with Crippen molar-refractivity contribution in [3.63, 3.8) is 0 Å². The van der Waals surface area contributed by atoms with Crippen molar-refractivity contribution in [2.75, 3.05) is 11.0 Å². The van der Waals surface area contributed by atoms with Gasteiger partial charge in [-0.25, -0.2) is 13.2 Å². The van der Waals surface area contributed by atoms with Crippen LogP contribution < -0.4 is 10.0 Å². The fraction of sp³-hybridized carbons (Fsp3) is 0.250. The Balaban J connectivity index is 1.94. The van der Waals surface area contributed by atoms with E-state index in [0.717, 1.165) is 6.26 Å². The summed E-state index contributed by atoms with van der Waals surface area (Å²) >= 11 is 0. The van der Waals surface area contributed by atoms with E-state index in [1.165, 1.54) is 38.1 Å². The van der Waals surface area contributed by atoms with Gasteiger partial charge in [0, 0.05) is 16.8 Å². The minimum Gasteiger partial charge on any atom is -0.453 e. The van der Waals surface area contributed by atoms with Crippen LogP contribution in [0, 0.1) is 0 Å². The predicted octanol–water partition coefficient (Wildman–Crippen LogP) is 1.99. The third-order valence-corrected chi connectivity index (χ3v) is 4.48. The summed E-state index contributed by atoms with van der Waals surface area (Å²) in [5, 5.41) is 2.52. The lowest BCUT2D eigenvalue weighted by Gasteiger charge is -2.17. The molecule has 9 heteroatoms. The molecule has 1 unspecified atom stereocenters. The van der Waals surface area contributed by atoms with E-state index in [4.69, 9.17) is 4.74 Å². The number of anilines is 1. The first kappa shape index (κ1) is 22.1. The molecule has 2 N–H and O–H groups in total. The number of ketones is 1. The van der Waals surface area contributed by atoms with E-state index in [2.05, 4.69) is 10.0 Å². The predicted molar refractivity (Wildman–Crippen MR) is 108 cm³/mol. The molecule has 1 amide bonds. The minimum absolute atomic E-state index is 0.255. The second-order valence-corrected chi connectivity index (χ2v) is 8.20. The largest absolute Gasteiger partial charge is 0.453 e. The lowest BCUT2D eigenvalue weighted by Crippen LogP contribution is -2.41. The van der Waals surface area contributed by atoms with E-state index in [9.17, 15) is 22.8 Å². The van der Waals surface area contributed by atoms with Crippen molar-refractivity contribution in [2.45, 2.75) is 26.0 Å². The van der Waals surface area contributed by atoms with Crippen LogP contribution in [0.5, 0.6) is 0 Å². The number of Topliss-reactive ketones (excluding diaryl/α,β-unsaturated/α-hetero) is 1. The molecule has 29 heavy (non-hydrogen) atoms. The number of hydrogen-bond acceptors (Lipinski definition) is 6. The second-order valence-electron chi connectivity index (χ2n) is 6.46. The van der Waals surface area contributed by atoms with Crippen molar-refractivity contribution in [1.29, 1.82) is 0 Å². The van der Waals surface area contributed by atoms with E-state index in [-0.39, 0.29) is 5.56 Å². The van der Waals surface area contributed by atoms with Gasteiger partial charge in [-0.15, -0.1) is 0 Å². The molecule has 0 saturated carbocycles. The monoisotopic (exact) mass is 418 g/mol. The highest BCUT2D eigenvalue weighted by molar-refractivity contribution is 7.92. The standard InChI is InChI=1S/C20H22N2O6S/c1-13(21-19(24)16-7-5-4-6-8-16)20(25)28-14(2)18(23)15-9-11-17(12-10-15)22-29(3,26)27/h4-14,22H,1-3H3,(H,21,24)/t13-,14?/m0/s1. The van der Waals surface area contributed by atoms with Gasteiger partial charge < -0.3 is 10.1 Å². The first-order valence-corrected chi connectivity index (χ1v) is 10.6. The van der Waals surface area contributed by atoms with Crippen LogP contribution in [0.2, 0.25) is 0 Å². The van der Waals surface area contributed by atoms with Crippen LogP contribution in [0.4, 0.5) is 5.69 Å². The second kappa shape index (κ2) is 9.33. The summed E-state index contributed by atoms with van der Waals surface area (Å²) in [5.41, 5.74) is 0.968. The Kier molecular flexibility index (Phi) is 7.11. The topological polar surface area (TPSA) is 119 Å². The molecule has 0 aromatic heterocycles. The quantitative estimate of drug-likeness (QED) is 0.500. The maximum absolute atomic E-state index is 12.4. The van der Waals surface area contributed by atoms with Crippen LogP contribution >= 0.6 is 0 Å². The summed E-state index contributed by atoms with van der Waals surface area (Å²) in [6.07, 6.45) is -0.0574. The van der Waals surface area contributed by atoms with Gasteiger partial charge in [-0.05, 0) is 50.2 Å². The third-order valence-electron chi connectivity index (χ3n) is 3.87. The molecule has 0 saturated heterocycles. The maximum Gasteiger partial charge on any atom is 0.329 e. The zero-order valence-electron chi connectivity index (χ0n) is 16.2. The maximum atomic E-state index is 12.4. The number of rotatable bonds is 8. The summed E-state index contributed by atoms with van der Waals surface area (Å²) in [5.74, 6) is -1.63. The molecule has 0 aliphatic carbocycles. The minimum atomic E-state index is -3.42. The number of carbonyl (C=O) groups is 3. The van der Waals surface area contributed by atoms with Crippen LogP contribution in [0.1, 0.15) is 34.6 Å². The van der Waals surface area contributed by atoms with Crippen molar-refractivity contribution in [2.24, 2.45) is 0 Å². The van der Waals surface area contributed by atoms with Crippen LogP contribution in [-0.2, 0) is 19.6 Å². The molecule has 0 fully saturated rings. The zero-order valence-corrected chi connectivity index (χ0v) is 17.0. The van der Waals surface area contributed by atoms with Crippen LogP contribution in [0.25, 0.3) is 0 Å². The number of nitrogens with one attached hydrogen (secondary N) is 2. The van der Waals surface area contributed by atoms with Crippen molar-refractivity contribution < 1.29 is 27.5 Å². The van der Waals surface area contributed by atoms with E-state index in [1.807, 2.05) is 0 Å². The lowest BCUT2D eigenvalue weighted by molar-refractivity contribution is -0.148. The van der Waals surface area contributed by atoms with Crippen LogP contribution in [0.15, 0.2) is 54.6 Å². The Bertz CT molecular complexity index is 987. The number of sulfonamides is 1. The van der Waals surface area contributed by atoms with E-state index >= 15 is 0 Å². The summed E-state index contributed by atoms with van der Waals surface area (Å²) in [6, 6.07) is 13.2. The number of amides is 1. The molecular formula is C20H22N2O6S. The Hall–Kier alpha value is -3.20. The van der Waals surface area contributed by atoms with E-state index in [0.29, 0.717) is 11.3 Å². The molecule has 0 aliphatic heterocycles. The van der Waals surface area contributed by atoms with Gasteiger partial charge in [0.1, 0.15) is 6.04 Å². The van der Waals surface area contributed by atoms with E-state index in [1.54, 1.807) is 30.3 Å². The molecule has 0 spiro atoms. The molecule has 2 rings (SSSR count). The average molecular weight is 418 g/mol. The zero-order chi connectivity index (χ0) is 21.6. The van der Waals surface area contributed by atoms with Crippen molar-refractivity contribution in [3.05, 3.63) is 65.7 Å². The highest BCUT2D eigenvalue weighted by Crippen LogP contribution is 2.14. The van der Waals surface area contributed by atoms with Gasteiger partial charge in [-0.1, -0.05) is 18.2 Å². The van der Waals surface area contributed by atoms with Crippen molar-refractivity contribution in [3.8, 4) is 0 Å². The smallest absolute Gasteiger partial charge is 0.329 e. The number of benzene rings is 2. The molecule has 2 atom stereocenters. The molecule has 0 bridgehead atoms. The molecule has 2 aromatic rings. The molecular weight excluding hydrogens is 396 g/mol. The SMILES string of the molecule is CC(OC(=O)[C@H](C)NC(=O)c1ccccc1)C(=O)c1ccc(NS(C)(=O)=O)cc1. The van der Waals surface area contributed by atoms with Gasteiger partial charge in [0.15, 0.2) is 6.10 Å². The molecule has 0 heterocycles. The Labute approximate surface area is 169 Å². The average Bonchev–Trinajstić information content (AvgIpc) is 2.67. The summed E-state index contributed by atoms with van der Waals surface area (Å²) < 4.78 is 29.9. The molecule has 8 nitrogen and oxygen atoms in total. The fourth-order valence-corrected chi connectivity index (χ4v) is 2.97. The fourth-order valence-electron chi connectivity index (χ4n) is 2.41. The first-order valence-electron chi connectivity index (χ1n) is 8.75. The van der Waals surface area contributed by atoms with Gasteiger partial charge in [-0.2, -0.15) is 0 Å². The lowest BCUT2D eigenvalue weighted by atomic mass is 10.1. The Morgan fingerprint density at radius 1 is 0.897 bits per heavy atom. The van der Waals surface area contributed by atoms with Gasteiger partial charge in [0.05, 0.1) is 6.26 Å². The highest BCUT2D eigenvalue weighted by Gasteiger charge is 2.24. The van der Waals surface area contributed by atoms with Crippen molar-refractivity contribution >= 4 is 33.4 Å². The van der Waals surface area contributed by atoms with Gasteiger partial charge in [0.25, 0.3) is 5.91 Å². The molecule has 154 valence electrons. The van der Waals surface area contributed by atoms with Gasteiger partial charge >= 0.3 is 5.97 Å². The Morgan fingerprint density at radius 3 is 2.03 bits per heavy atom. The summed E-state index contributed by atoms with van der Waals surface area (Å²) in [7, 11) is -3.42. The first-order chi connectivity index (χ1) is 13.6. The number of carbonyl (C=O) groups excluding carboxylic acids is 3. The third kappa shape index (κ3) is 6.72. The van der Waals surface area contributed by atoms with Gasteiger partial charge in [-0.3, -0.25) is 14.3 Å². The number of ether oxygens (including phenoxy) is 1. The Morgan fingerprint density at radius 2 is 1.48 bits per heavy atom.